The summed E-state index contributed by atoms with van der Waals surface area (Å²) in [5.41, 5.74) is 3.25. The predicted octanol–water partition coefficient (Wildman–Crippen LogP) is 5.70. The SMILES string of the molecule is C#CCOc1ccc2nc(C(=O)Nc3cc(F)cc(C#N)c3)nc(-c3ccc(C(C)C)cc3)c2c1. The molecule has 1 aromatic heterocycles. The molecule has 1 N–H and O–H groups in total. The van der Waals surface area contributed by atoms with Gasteiger partial charge >= 0.3 is 0 Å². The van der Waals surface area contributed by atoms with Crippen LogP contribution in [0, 0.1) is 29.5 Å². The molecular formula is C28H21FN4O2. The van der Waals surface area contributed by atoms with Gasteiger partial charge in [0.15, 0.2) is 0 Å². The van der Waals surface area contributed by atoms with Gasteiger partial charge in [-0.2, -0.15) is 5.26 Å². The third-order valence-electron chi connectivity index (χ3n) is 5.33. The smallest absolute Gasteiger partial charge is 0.293 e. The number of fused-ring (bicyclic) bond motifs is 1. The number of rotatable bonds is 6. The number of nitriles is 1. The largest absolute Gasteiger partial charge is 0.481 e. The van der Waals surface area contributed by atoms with Gasteiger partial charge in [0.1, 0.15) is 18.2 Å². The Kier molecular flexibility index (Phi) is 6.71. The van der Waals surface area contributed by atoms with E-state index in [1.54, 1.807) is 18.2 Å². The molecule has 0 aliphatic heterocycles. The van der Waals surface area contributed by atoms with Crippen LogP contribution in [0.1, 0.15) is 41.5 Å². The van der Waals surface area contributed by atoms with Crippen molar-refractivity contribution < 1.29 is 13.9 Å². The van der Waals surface area contributed by atoms with Crippen molar-refractivity contribution in [3.8, 4) is 35.4 Å². The normalized spacial score (nSPS) is 10.6. The number of halogens is 1. The summed E-state index contributed by atoms with van der Waals surface area (Å²) in [7, 11) is 0. The fraction of sp³-hybridized carbons (Fsp3) is 0.143. The van der Waals surface area contributed by atoms with Crippen molar-refractivity contribution in [2.75, 3.05) is 11.9 Å². The molecule has 0 fully saturated rings. The second-order valence-corrected chi connectivity index (χ2v) is 8.14. The molecule has 3 aromatic carbocycles. The van der Waals surface area contributed by atoms with Crippen LogP contribution in [0.2, 0.25) is 0 Å². The van der Waals surface area contributed by atoms with Gasteiger partial charge < -0.3 is 10.1 Å². The second-order valence-electron chi connectivity index (χ2n) is 8.14. The van der Waals surface area contributed by atoms with Crippen LogP contribution in [0.15, 0.2) is 60.7 Å². The lowest BCUT2D eigenvalue weighted by Crippen LogP contribution is -2.16. The molecule has 0 saturated carbocycles. The summed E-state index contributed by atoms with van der Waals surface area (Å²) in [6.45, 7) is 4.33. The van der Waals surface area contributed by atoms with Crippen LogP contribution in [-0.4, -0.2) is 22.5 Å². The van der Waals surface area contributed by atoms with E-state index in [9.17, 15) is 9.18 Å². The molecule has 6 nitrogen and oxygen atoms in total. The van der Waals surface area contributed by atoms with Crippen LogP contribution in [0.3, 0.4) is 0 Å². The van der Waals surface area contributed by atoms with Gasteiger partial charge in [0.2, 0.25) is 5.82 Å². The van der Waals surface area contributed by atoms with Crippen molar-refractivity contribution in [2.24, 2.45) is 0 Å². The Hall–Kier alpha value is -4.75. The zero-order valence-corrected chi connectivity index (χ0v) is 19.2. The maximum absolute atomic E-state index is 13.8. The van der Waals surface area contributed by atoms with Crippen molar-refractivity contribution in [1.29, 1.82) is 5.26 Å². The molecule has 4 aromatic rings. The number of ether oxygens (including phenoxy) is 1. The minimum absolute atomic E-state index is 0.0881. The van der Waals surface area contributed by atoms with Gasteiger partial charge in [-0.25, -0.2) is 14.4 Å². The van der Waals surface area contributed by atoms with E-state index in [1.807, 2.05) is 30.3 Å². The van der Waals surface area contributed by atoms with Crippen LogP contribution in [0.25, 0.3) is 22.2 Å². The van der Waals surface area contributed by atoms with Gasteiger partial charge in [-0.15, -0.1) is 6.42 Å². The number of aromatic nitrogens is 2. The highest BCUT2D eigenvalue weighted by molar-refractivity contribution is 6.04. The van der Waals surface area contributed by atoms with Gasteiger partial charge in [-0.1, -0.05) is 44.0 Å². The Bertz CT molecular complexity index is 1500. The van der Waals surface area contributed by atoms with Gasteiger partial charge in [0.25, 0.3) is 5.91 Å². The molecule has 0 unspecified atom stereocenters. The van der Waals surface area contributed by atoms with Crippen LogP contribution in [-0.2, 0) is 0 Å². The summed E-state index contributed by atoms with van der Waals surface area (Å²) < 4.78 is 19.4. The summed E-state index contributed by atoms with van der Waals surface area (Å²) in [6, 6.07) is 18.6. The number of carbonyl (C=O) groups excluding carboxylic acids is 1. The molecule has 172 valence electrons. The molecule has 1 heterocycles. The highest BCUT2D eigenvalue weighted by atomic mass is 19.1. The van der Waals surface area contributed by atoms with Crippen molar-refractivity contribution in [1.82, 2.24) is 9.97 Å². The summed E-state index contributed by atoms with van der Waals surface area (Å²) in [6.07, 6.45) is 5.31. The molecule has 4 rings (SSSR count). The monoisotopic (exact) mass is 464 g/mol. The number of nitrogens with one attached hydrogen (secondary N) is 1. The first-order valence-electron chi connectivity index (χ1n) is 10.9. The number of hydrogen-bond acceptors (Lipinski definition) is 5. The van der Waals surface area contributed by atoms with Crippen LogP contribution in [0.5, 0.6) is 5.75 Å². The van der Waals surface area contributed by atoms with Gasteiger partial charge in [0.05, 0.1) is 22.8 Å². The van der Waals surface area contributed by atoms with Crippen molar-refractivity contribution >= 4 is 22.5 Å². The summed E-state index contributed by atoms with van der Waals surface area (Å²) in [5.74, 6) is 1.99. The molecule has 0 spiro atoms. The minimum Gasteiger partial charge on any atom is -0.481 e. The number of benzene rings is 3. The Morgan fingerprint density at radius 1 is 1.11 bits per heavy atom. The summed E-state index contributed by atoms with van der Waals surface area (Å²) >= 11 is 0. The highest BCUT2D eigenvalue weighted by Gasteiger charge is 2.17. The zero-order chi connectivity index (χ0) is 24.9. The van der Waals surface area contributed by atoms with E-state index in [0.29, 0.717) is 28.3 Å². The van der Waals surface area contributed by atoms with E-state index < -0.39 is 11.7 Å². The Morgan fingerprint density at radius 3 is 2.57 bits per heavy atom. The number of terminal acetylenes is 1. The van der Waals surface area contributed by atoms with E-state index >= 15 is 0 Å². The zero-order valence-electron chi connectivity index (χ0n) is 19.2. The Labute approximate surface area is 202 Å². The van der Waals surface area contributed by atoms with Gasteiger partial charge in [-0.3, -0.25) is 4.79 Å². The number of carbonyl (C=O) groups is 1. The fourth-order valence-electron chi connectivity index (χ4n) is 3.58. The van der Waals surface area contributed by atoms with Gasteiger partial charge in [-0.05, 0) is 47.9 Å². The molecule has 0 atom stereocenters. The van der Waals surface area contributed by atoms with Crippen molar-refractivity contribution in [3.63, 3.8) is 0 Å². The molecule has 0 bridgehead atoms. The number of anilines is 1. The third-order valence-corrected chi connectivity index (χ3v) is 5.33. The van der Waals surface area contributed by atoms with E-state index in [0.717, 1.165) is 17.7 Å². The quantitative estimate of drug-likeness (QED) is 0.370. The van der Waals surface area contributed by atoms with Crippen LogP contribution >= 0.6 is 0 Å². The average Bonchev–Trinajstić information content (AvgIpc) is 2.86. The second kappa shape index (κ2) is 10.0. The molecule has 35 heavy (non-hydrogen) atoms. The molecule has 0 aliphatic carbocycles. The first kappa shape index (κ1) is 23.4. The third kappa shape index (κ3) is 5.26. The summed E-state index contributed by atoms with van der Waals surface area (Å²) in [5, 5.41) is 12.3. The van der Waals surface area contributed by atoms with Crippen LogP contribution < -0.4 is 10.1 Å². The Morgan fingerprint density at radius 2 is 1.89 bits per heavy atom. The van der Waals surface area contributed by atoms with Crippen molar-refractivity contribution in [2.45, 2.75) is 19.8 Å². The van der Waals surface area contributed by atoms with Crippen molar-refractivity contribution in [3.05, 3.63) is 83.4 Å². The highest BCUT2D eigenvalue weighted by Crippen LogP contribution is 2.30. The summed E-state index contributed by atoms with van der Waals surface area (Å²) in [4.78, 5) is 22.0. The molecule has 7 heteroatoms. The molecule has 0 radical (unpaired) electrons. The van der Waals surface area contributed by atoms with Gasteiger partial charge in [0, 0.05) is 16.6 Å². The lowest BCUT2D eigenvalue weighted by Gasteiger charge is -2.12. The Balaban J connectivity index is 1.80. The lowest BCUT2D eigenvalue weighted by molar-refractivity contribution is 0.101. The molecule has 0 aliphatic rings. The maximum Gasteiger partial charge on any atom is 0.293 e. The van der Waals surface area contributed by atoms with E-state index in [2.05, 4.69) is 35.1 Å². The van der Waals surface area contributed by atoms with Crippen LogP contribution in [0.4, 0.5) is 10.1 Å². The first-order chi connectivity index (χ1) is 16.9. The fourth-order valence-corrected chi connectivity index (χ4v) is 3.58. The predicted molar refractivity (Wildman–Crippen MR) is 132 cm³/mol. The molecule has 1 amide bonds. The number of hydrogen-bond donors (Lipinski definition) is 1. The molecule has 0 saturated heterocycles. The first-order valence-corrected chi connectivity index (χ1v) is 10.9. The van der Waals surface area contributed by atoms with E-state index in [1.165, 1.54) is 11.6 Å². The van der Waals surface area contributed by atoms with E-state index in [4.69, 9.17) is 16.4 Å². The average molecular weight is 465 g/mol. The maximum atomic E-state index is 13.8. The topological polar surface area (TPSA) is 87.9 Å². The standard InChI is InChI=1S/C28H21FN4O2/c1-4-11-35-23-9-10-25-24(15-23)26(20-7-5-19(6-8-20)17(2)3)33-27(32-25)28(34)31-22-13-18(16-30)12-21(29)14-22/h1,5-10,12-15,17H,11H2,2-3H3,(H,31,34). The molecular weight excluding hydrogens is 443 g/mol. The number of nitrogens with zero attached hydrogens (tertiary/aromatic N) is 3. The lowest BCUT2D eigenvalue weighted by atomic mass is 9.99. The number of amides is 1. The minimum atomic E-state index is -0.635. The van der Waals surface area contributed by atoms with E-state index in [-0.39, 0.29) is 23.7 Å².